The number of halogens is 5. The zero-order valence-electron chi connectivity index (χ0n) is 21.9. The van der Waals surface area contributed by atoms with Crippen LogP contribution in [0, 0.1) is 0 Å². The molecule has 2 bridgehead atoms. The van der Waals surface area contributed by atoms with E-state index in [-0.39, 0.29) is 37.5 Å². The number of amides is 1. The van der Waals surface area contributed by atoms with Crippen LogP contribution in [0.2, 0.25) is 0 Å². The Morgan fingerprint density at radius 1 is 0.854 bits per heavy atom. The van der Waals surface area contributed by atoms with Gasteiger partial charge in [-0.1, -0.05) is 60.7 Å². The lowest BCUT2D eigenvalue weighted by molar-refractivity contribution is -0.360. The Hall–Kier alpha value is -3.66. The van der Waals surface area contributed by atoms with Gasteiger partial charge in [0.25, 0.3) is 0 Å². The van der Waals surface area contributed by atoms with E-state index in [1.165, 1.54) is 12.1 Å². The highest BCUT2D eigenvalue weighted by Crippen LogP contribution is 2.47. The van der Waals surface area contributed by atoms with Gasteiger partial charge in [-0.15, -0.1) is 0 Å². The van der Waals surface area contributed by atoms with Crippen LogP contribution in [-0.4, -0.2) is 47.1 Å². The van der Waals surface area contributed by atoms with Crippen molar-refractivity contribution >= 4 is 6.09 Å². The highest BCUT2D eigenvalue weighted by atomic mass is 19.4. The summed E-state index contributed by atoms with van der Waals surface area (Å²) >= 11 is 0. The summed E-state index contributed by atoms with van der Waals surface area (Å²) in [4.78, 5) is 15.2. The lowest BCUT2D eigenvalue weighted by Gasteiger charge is -2.51. The van der Waals surface area contributed by atoms with Gasteiger partial charge in [-0.3, -0.25) is 0 Å². The number of benzene rings is 3. The fraction of sp³-hybridized carbons (Fsp3) is 0.387. The predicted molar refractivity (Wildman–Crippen MR) is 140 cm³/mol. The third-order valence-corrected chi connectivity index (χ3v) is 8.52. The summed E-state index contributed by atoms with van der Waals surface area (Å²) in [6.07, 6.45) is -9.08. The van der Waals surface area contributed by atoms with Gasteiger partial charge in [0.2, 0.25) is 0 Å². The van der Waals surface area contributed by atoms with Crippen molar-refractivity contribution < 1.29 is 41.3 Å². The number of carbonyl (C=O) groups is 1. The Kier molecular flexibility index (Phi) is 6.71. The smallest absolute Gasteiger partial charge is 0.448 e. The van der Waals surface area contributed by atoms with Gasteiger partial charge >= 0.3 is 18.4 Å². The summed E-state index contributed by atoms with van der Waals surface area (Å²) in [5, 5.41) is 11.6. The molecular formula is C31H28F5NO4. The molecule has 2 heterocycles. The van der Waals surface area contributed by atoms with Crippen LogP contribution in [0.1, 0.15) is 54.7 Å². The molecule has 2 aliphatic heterocycles. The first kappa shape index (κ1) is 27.5. The number of aliphatic hydroxyl groups is 1. The Labute approximate surface area is 233 Å². The minimum atomic E-state index is -5.85. The third-order valence-electron chi connectivity index (χ3n) is 8.52. The van der Waals surface area contributed by atoms with Gasteiger partial charge in [0.15, 0.2) is 0 Å². The van der Waals surface area contributed by atoms with Crippen LogP contribution in [0.5, 0.6) is 5.75 Å². The van der Waals surface area contributed by atoms with Crippen molar-refractivity contribution in [3.05, 3.63) is 89.5 Å². The van der Waals surface area contributed by atoms with Gasteiger partial charge in [0, 0.05) is 30.8 Å². The van der Waals surface area contributed by atoms with Crippen molar-refractivity contribution in [2.75, 3.05) is 6.61 Å². The van der Waals surface area contributed by atoms with E-state index in [9.17, 15) is 31.9 Å². The predicted octanol–water partition coefficient (Wildman–Crippen LogP) is 7.37. The van der Waals surface area contributed by atoms with Crippen molar-refractivity contribution in [1.29, 1.82) is 0 Å². The molecule has 2 atom stereocenters. The maximum absolute atomic E-state index is 13.4. The Morgan fingerprint density at radius 2 is 1.39 bits per heavy atom. The SMILES string of the molecule is O=C(OCC1c2ccccc2-c2ccccc21)N1C2CCCC1CC(O)(c1ccc(OC(F)(F)C(F)(F)F)cc1)C2. The summed E-state index contributed by atoms with van der Waals surface area (Å²) in [6.45, 7) is 0.178. The minimum Gasteiger partial charge on any atom is -0.448 e. The van der Waals surface area contributed by atoms with E-state index in [4.69, 9.17) is 4.74 Å². The molecule has 2 unspecified atom stereocenters. The fourth-order valence-corrected chi connectivity index (χ4v) is 6.67. The summed E-state index contributed by atoms with van der Waals surface area (Å²) in [7, 11) is 0. The van der Waals surface area contributed by atoms with Gasteiger partial charge in [0.05, 0.1) is 5.60 Å². The first-order valence-corrected chi connectivity index (χ1v) is 13.6. The fourth-order valence-electron chi connectivity index (χ4n) is 6.67. The molecule has 6 rings (SSSR count). The van der Waals surface area contributed by atoms with Crippen LogP contribution >= 0.6 is 0 Å². The summed E-state index contributed by atoms with van der Waals surface area (Å²) < 4.78 is 73.8. The van der Waals surface area contributed by atoms with Gasteiger partial charge < -0.3 is 19.5 Å². The molecule has 0 spiro atoms. The number of alkyl halides is 5. The van der Waals surface area contributed by atoms with Crippen LogP contribution in [0.15, 0.2) is 72.8 Å². The van der Waals surface area contributed by atoms with Crippen molar-refractivity contribution in [2.24, 2.45) is 0 Å². The monoisotopic (exact) mass is 573 g/mol. The zero-order chi connectivity index (χ0) is 29.0. The first-order chi connectivity index (χ1) is 19.5. The second-order valence-electron chi connectivity index (χ2n) is 11.0. The highest BCUT2D eigenvalue weighted by Gasteiger charge is 2.61. The lowest BCUT2D eigenvalue weighted by Crippen LogP contribution is -2.59. The van der Waals surface area contributed by atoms with E-state index in [2.05, 4.69) is 16.9 Å². The molecule has 3 aromatic carbocycles. The number of fused-ring (bicyclic) bond motifs is 5. The molecule has 1 N–H and O–H groups in total. The molecule has 3 aliphatic rings. The molecular weight excluding hydrogens is 545 g/mol. The first-order valence-electron chi connectivity index (χ1n) is 13.6. The molecule has 10 heteroatoms. The molecule has 0 radical (unpaired) electrons. The van der Waals surface area contributed by atoms with Crippen molar-refractivity contribution in [3.8, 4) is 16.9 Å². The van der Waals surface area contributed by atoms with Crippen molar-refractivity contribution in [3.63, 3.8) is 0 Å². The summed E-state index contributed by atoms with van der Waals surface area (Å²) in [5.41, 5.74) is 3.45. The lowest BCUT2D eigenvalue weighted by atomic mass is 9.72. The quantitative estimate of drug-likeness (QED) is 0.324. The maximum Gasteiger partial charge on any atom is 0.499 e. The molecule has 216 valence electrons. The van der Waals surface area contributed by atoms with E-state index < -0.39 is 29.7 Å². The average molecular weight is 574 g/mol. The standard InChI is InChI=1S/C31H28F5NO4/c32-30(33,34)31(35,36)41-22-14-12-19(13-15-22)29(39)16-20-6-5-7-21(17-29)37(20)28(38)40-18-27-25-10-3-1-8-23(25)24-9-2-4-11-26(24)27/h1-4,8-15,20-21,27,39H,5-7,16-18H2. The number of hydrogen-bond donors (Lipinski definition) is 1. The topological polar surface area (TPSA) is 59.0 Å². The molecule has 1 amide bonds. The molecule has 5 nitrogen and oxygen atoms in total. The van der Waals surface area contributed by atoms with Crippen LogP contribution in [0.4, 0.5) is 26.7 Å². The largest absolute Gasteiger partial charge is 0.499 e. The number of ether oxygens (including phenoxy) is 2. The number of hydrogen-bond acceptors (Lipinski definition) is 4. The number of piperidine rings is 2. The second kappa shape index (κ2) is 10.0. The van der Waals surface area contributed by atoms with Crippen LogP contribution < -0.4 is 4.74 Å². The van der Waals surface area contributed by atoms with Gasteiger partial charge in [-0.05, 0) is 59.2 Å². The zero-order valence-corrected chi connectivity index (χ0v) is 21.9. The van der Waals surface area contributed by atoms with E-state index in [0.717, 1.165) is 40.8 Å². The summed E-state index contributed by atoms with van der Waals surface area (Å²) in [5.74, 6) is -0.755. The van der Waals surface area contributed by atoms with Crippen LogP contribution in [0.3, 0.4) is 0 Å². The van der Waals surface area contributed by atoms with E-state index in [0.29, 0.717) is 18.4 Å². The van der Waals surface area contributed by atoms with Gasteiger partial charge in [-0.25, -0.2) is 4.79 Å². The highest BCUT2D eigenvalue weighted by molar-refractivity contribution is 5.79. The van der Waals surface area contributed by atoms with Gasteiger partial charge in [-0.2, -0.15) is 22.0 Å². The Balaban J connectivity index is 1.15. The average Bonchev–Trinajstić information content (AvgIpc) is 3.24. The molecule has 3 aromatic rings. The molecule has 2 saturated heterocycles. The van der Waals surface area contributed by atoms with Gasteiger partial charge in [0.1, 0.15) is 12.4 Å². The second-order valence-corrected chi connectivity index (χ2v) is 11.0. The number of nitrogens with zero attached hydrogens (tertiary/aromatic N) is 1. The van der Waals surface area contributed by atoms with Crippen molar-refractivity contribution in [1.82, 2.24) is 4.90 Å². The molecule has 0 saturated carbocycles. The van der Waals surface area contributed by atoms with E-state index in [1.807, 2.05) is 36.4 Å². The number of rotatable bonds is 5. The Morgan fingerprint density at radius 3 is 1.93 bits per heavy atom. The van der Waals surface area contributed by atoms with E-state index in [1.54, 1.807) is 4.90 Å². The third kappa shape index (κ3) is 4.92. The van der Waals surface area contributed by atoms with E-state index >= 15 is 0 Å². The summed E-state index contributed by atoms with van der Waals surface area (Å²) in [6, 6.07) is 20.1. The normalized spacial score (nSPS) is 24.0. The Bertz CT molecular complexity index is 1380. The molecule has 2 fully saturated rings. The molecule has 41 heavy (non-hydrogen) atoms. The minimum absolute atomic E-state index is 0.0848. The molecule has 1 aliphatic carbocycles. The van der Waals surface area contributed by atoms with Crippen LogP contribution in [0.25, 0.3) is 11.1 Å². The number of carbonyl (C=O) groups excluding carboxylic acids is 1. The maximum atomic E-state index is 13.4. The van der Waals surface area contributed by atoms with Crippen LogP contribution in [-0.2, 0) is 10.3 Å². The molecule has 0 aromatic heterocycles. The van der Waals surface area contributed by atoms with Crippen molar-refractivity contribution in [2.45, 2.75) is 68.0 Å².